The highest BCUT2D eigenvalue weighted by atomic mass is 16.3. The minimum absolute atomic E-state index is 0.0561. The van der Waals surface area contributed by atoms with Crippen LogP contribution >= 0.6 is 0 Å². The first-order valence-electron chi connectivity index (χ1n) is 14.6. The molecule has 4 aliphatic rings. The van der Waals surface area contributed by atoms with Gasteiger partial charge in [-0.05, 0) is 67.9 Å². The van der Waals surface area contributed by atoms with E-state index in [4.69, 9.17) is 0 Å². The van der Waals surface area contributed by atoms with Crippen molar-refractivity contribution in [3.8, 4) is 5.75 Å². The topological polar surface area (TPSA) is 132 Å². The summed E-state index contributed by atoms with van der Waals surface area (Å²) in [5.41, 5.74) is -4.04. The third-order valence-corrected chi connectivity index (χ3v) is 10.6. The number of carbonyl (C=O) groups is 3. The molecule has 5 rings (SSSR count). The van der Waals surface area contributed by atoms with E-state index in [-0.39, 0.29) is 29.2 Å². The Morgan fingerprint density at radius 2 is 1.68 bits per heavy atom. The predicted molar refractivity (Wildman–Crippen MR) is 151 cm³/mol. The molecule has 2 fully saturated rings. The molecular formula is C33H42O7. The maximum Gasteiger partial charge on any atom is 0.203 e. The molecule has 2 saturated carbocycles. The van der Waals surface area contributed by atoms with Crippen molar-refractivity contribution in [3.05, 3.63) is 45.7 Å². The van der Waals surface area contributed by atoms with Gasteiger partial charge in [-0.1, -0.05) is 59.6 Å². The zero-order valence-electron chi connectivity index (χ0n) is 24.4. The first-order chi connectivity index (χ1) is 18.6. The van der Waals surface area contributed by atoms with E-state index in [0.29, 0.717) is 35.8 Å². The Morgan fingerprint density at radius 1 is 1.05 bits per heavy atom. The zero-order chi connectivity index (χ0) is 29.5. The maximum absolute atomic E-state index is 14.4. The Morgan fingerprint density at radius 3 is 2.25 bits per heavy atom. The predicted octanol–water partition coefficient (Wildman–Crippen LogP) is 5.56. The van der Waals surface area contributed by atoms with Crippen LogP contribution in [0.5, 0.6) is 5.75 Å². The van der Waals surface area contributed by atoms with Gasteiger partial charge in [0.1, 0.15) is 22.8 Å². The standard InChI is InChI=1S/C33H42O7/c1-16(2)24-27(36)22(18(4)34)29(38)33(40)30(39)25-28(37)23-21(14-31(25,5)15-32(24,33)6)12-11-20(26(23)35)13-19-9-7-17(3)8-10-19/h11-12,16-17,19,24,35,37-38,40H,7-10,13-15H2,1-6H3/t17?,19?,24?,31-,32-,33+/m1/s1. The molecule has 1 unspecified atom stereocenters. The molecule has 0 heterocycles. The van der Waals surface area contributed by atoms with Crippen molar-refractivity contribution in [2.45, 2.75) is 92.1 Å². The summed E-state index contributed by atoms with van der Waals surface area (Å²) in [6, 6.07) is 3.81. The van der Waals surface area contributed by atoms with E-state index < -0.39 is 56.8 Å². The molecule has 40 heavy (non-hydrogen) atoms. The molecule has 4 atom stereocenters. The van der Waals surface area contributed by atoms with Gasteiger partial charge in [0.25, 0.3) is 0 Å². The van der Waals surface area contributed by atoms with Gasteiger partial charge in [0.2, 0.25) is 5.78 Å². The van der Waals surface area contributed by atoms with Crippen LogP contribution in [0.25, 0.3) is 5.76 Å². The Hall–Kier alpha value is -2.93. The lowest BCUT2D eigenvalue weighted by Crippen LogP contribution is -2.69. The number of benzene rings is 1. The van der Waals surface area contributed by atoms with Gasteiger partial charge in [-0.3, -0.25) is 14.4 Å². The number of aliphatic hydroxyl groups excluding tert-OH is 2. The summed E-state index contributed by atoms with van der Waals surface area (Å²) >= 11 is 0. The van der Waals surface area contributed by atoms with Crippen LogP contribution in [0.1, 0.15) is 90.3 Å². The fourth-order valence-corrected chi connectivity index (χ4v) is 8.76. The molecule has 0 radical (unpaired) electrons. The van der Waals surface area contributed by atoms with Crippen molar-refractivity contribution < 1.29 is 34.8 Å². The fourth-order valence-electron chi connectivity index (χ4n) is 8.76. The highest BCUT2D eigenvalue weighted by molar-refractivity contribution is 6.24. The van der Waals surface area contributed by atoms with E-state index in [2.05, 4.69) is 6.92 Å². The Balaban J connectivity index is 1.67. The number of Topliss-reactive ketones (excluding diaryl/α,β-unsaturated/α-hetero) is 3. The molecule has 0 aliphatic heterocycles. The van der Waals surface area contributed by atoms with Crippen molar-refractivity contribution >= 4 is 23.1 Å². The van der Waals surface area contributed by atoms with Gasteiger partial charge >= 0.3 is 0 Å². The van der Waals surface area contributed by atoms with Crippen molar-refractivity contribution in [3.63, 3.8) is 0 Å². The highest BCUT2D eigenvalue weighted by Crippen LogP contribution is 2.65. The molecule has 4 aliphatic carbocycles. The molecule has 1 aromatic rings. The number of hydrogen-bond donors (Lipinski definition) is 4. The summed E-state index contributed by atoms with van der Waals surface area (Å²) in [7, 11) is 0. The molecule has 4 N–H and O–H groups in total. The van der Waals surface area contributed by atoms with Crippen molar-refractivity contribution in [2.24, 2.45) is 34.5 Å². The monoisotopic (exact) mass is 550 g/mol. The molecule has 0 aromatic heterocycles. The normalized spacial score (nSPS) is 36.0. The number of phenolic OH excluding ortho intramolecular Hbond substituents is 1. The summed E-state index contributed by atoms with van der Waals surface area (Å²) in [5.74, 6) is -3.74. The SMILES string of the molecule is CC(=O)C1=C(O)[C@]2(O)C(=O)C3=C(O)c4c(ccc(CC5CCC(C)CC5)c4O)C[C@]3(C)C[C@]2(C)C(C(C)C)C1=O. The lowest BCUT2D eigenvalue weighted by atomic mass is 9.43. The summed E-state index contributed by atoms with van der Waals surface area (Å²) in [6.07, 6.45) is 5.53. The van der Waals surface area contributed by atoms with E-state index in [1.165, 1.54) is 0 Å². The lowest BCUT2D eigenvalue weighted by molar-refractivity contribution is -0.178. The first kappa shape index (κ1) is 28.6. The van der Waals surface area contributed by atoms with Crippen LogP contribution in [0.2, 0.25) is 0 Å². The van der Waals surface area contributed by atoms with Crippen LogP contribution in [-0.2, 0) is 27.2 Å². The lowest BCUT2D eigenvalue weighted by Gasteiger charge is -2.59. The van der Waals surface area contributed by atoms with Gasteiger partial charge in [0.05, 0.1) is 5.56 Å². The minimum atomic E-state index is -2.58. The average molecular weight is 551 g/mol. The number of hydrogen-bond acceptors (Lipinski definition) is 7. The Labute approximate surface area is 236 Å². The molecule has 1 aromatic carbocycles. The fraction of sp³-hybridized carbons (Fsp3) is 0.606. The summed E-state index contributed by atoms with van der Waals surface area (Å²) in [5, 5.41) is 46.5. The summed E-state index contributed by atoms with van der Waals surface area (Å²) < 4.78 is 0. The van der Waals surface area contributed by atoms with Crippen LogP contribution in [0.4, 0.5) is 0 Å². The van der Waals surface area contributed by atoms with E-state index >= 15 is 0 Å². The third kappa shape index (κ3) is 3.76. The number of fused-ring (bicyclic) bond motifs is 3. The van der Waals surface area contributed by atoms with Crippen molar-refractivity contribution in [1.29, 1.82) is 0 Å². The first-order valence-corrected chi connectivity index (χ1v) is 14.6. The highest BCUT2D eigenvalue weighted by Gasteiger charge is 2.72. The van der Waals surface area contributed by atoms with Crippen LogP contribution in [0, 0.1) is 34.5 Å². The second-order valence-corrected chi connectivity index (χ2v) is 13.9. The van der Waals surface area contributed by atoms with Crippen LogP contribution in [-0.4, -0.2) is 43.4 Å². The quantitative estimate of drug-likeness (QED) is 0.361. The number of rotatable bonds is 4. The van der Waals surface area contributed by atoms with Crippen molar-refractivity contribution in [1.82, 2.24) is 0 Å². The van der Waals surface area contributed by atoms with E-state index in [9.17, 15) is 34.8 Å². The van der Waals surface area contributed by atoms with Crippen molar-refractivity contribution in [2.75, 3.05) is 0 Å². The smallest absolute Gasteiger partial charge is 0.203 e. The molecule has 7 heteroatoms. The number of aliphatic hydroxyl groups is 3. The second-order valence-electron chi connectivity index (χ2n) is 13.9. The van der Waals surface area contributed by atoms with Gasteiger partial charge in [0, 0.05) is 22.3 Å². The maximum atomic E-state index is 14.4. The molecule has 0 amide bonds. The Bertz CT molecular complexity index is 1380. The van der Waals surface area contributed by atoms with E-state index in [1.54, 1.807) is 20.8 Å². The molecule has 216 valence electrons. The number of phenols is 1. The van der Waals surface area contributed by atoms with Crippen LogP contribution in [0.3, 0.4) is 0 Å². The molecule has 0 spiro atoms. The minimum Gasteiger partial charge on any atom is -0.508 e. The van der Waals surface area contributed by atoms with E-state index in [0.717, 1.165) is 32.6 Å². The number of carbonyl (C=O) groups excluding carboxylic acids is 3. The van der Waals surface area contributed by atoms with Crippen LogP contribution < -0.4 is 0 Å². The summed E-state index contributed by atoms with van der Waals surface area (Å²) in [6.45, 7) is 10.4. The summed E-state index contributed by atoms with van der Waals surface area (Å²) in [4.78, 5) is 40.4. The molecule has 0 saturated heterocycles. The number of ketones is 3. The van der Waals surface area contributed by atoms with Gasteiger partial charge in [-0.15, -0.1) is 0 Å². The van der Waals surface area contributed by atoms with Crippen LogP contribution in [0.15, 0.2) is 29.0 Å². The largest absolute Gasteiger partial charge is 0.508 e. The van der Waals surface area contributed by atoms with Gasteiger partial charge < -0.3 is 20.4 Å². The molecule has 0 bridgehead atoms. The van der Waals surface area contributed by atoms with Gasteiger partial charge in [0.15, 0.2) is 17.2 Å². The molecule has 7 nitrogen and oxygen atoms in total. The molecular weight excluding hydrogens is 508 g/mol. The third-order valence-electron chi connectivity index (χ3n) is 10.6. The number of allylic oxidation sites excluding steroid dienone is 1. The van der Waals surface area contributed by atoms with E-state index in [1.807, 2.05) is 19.1 Å². The number of aromatic hydroxyl groups is 1. The zero-order valence-corrected chi connectivity index (χ0v) is 24.4. The average Bonchev–Trinajstić information content (AvgIpc) is 2.84. The Kier molecular flexibility index (Phi) is 6.65. The second kappa shape index (κ2) is 9.30. The van der Waals surface area contributed by atoms with Gasteiger partial charge in [-0.2, -0.15) is 0 Å². The van der Waals surface area contributed by atoms with Gasteiger partial charge in [-0.25, -0.2) is 0 Å².